The van der Waals surface area contributed by atoms with Gasteiger partial charge in [-0.3, -0.25) is 0 Å². The van der Waals surface area contributed by atoms with Gasteiger partial charge in [-0.2, -0.15) is 0 Å². The van der Waals surface area contributed by atoms with Crippen LogP contribution in [0.25, 0.3) is 0 Å². The second-order valence-corrected chi connectivity index (χ2v) is 7.38. The minimum atomic E-state index is -0.844. The Morgan fingerprint density at radius 3 is 2.88 bits per heavy atom. The summed E-state index contributed by atoms with van der Waals surface area (Å²) in [5, 5.41) is 10.3. The standard InChI is InChI=1S/C20H19ClN2O2/c1-11(2)14-7-4-8-16-18(14)15-10-17(20(24)25)23(19(15)22-16)13-6-3-5-12(21)9-13/h3-9,11,14,17H,10H2,1-2H3,(H,24,25). The summed E-state index contributed by atoms with van der Waals surface area (Å²) < 4.78 is 0. The molecule has 0 spiro atoms. The van der Waals surface area contributed by atoms with Crippen molar-refractivity contribution in [3.63, 3.8) is 0 Å². The second-order valence-electron chi connectivity index (χ2n) is 6.94. The molecule has 3 aliphatic rings. The Labute approximate surface area is 151 Å². The topological polar surface area (TPSA) is 52.9 Å². The maximum absolute atomic E-state index is 11.9. The van der Waals surface area contributed by atoms with Crippen molar-refractivity contribution >= 4 is 29.1 Å². The third-order valence-electron chi connectivity index (χ3n) is 5.03. The third-order valence-corrected chi connectivity index (χ3v) is 5.27. The van der Waals surface area contributed by atoms with Gasteiger partial charge in [0.1, 0.15) is 11.9 Å². The monoisotopic (exact) mass is 354 g/mol. The van der Waals surface area contributed by atoms with Crippen molar-refractivity contribution in [1.82, 2.24) is 0 Å². The number of benzene rings is 1. The number of allylic oxidation sites excluding steroid dienone is 4. The summed E-state index contributed by atoms with van der Waals surface area (Å²) in [6.45, 7) is 4.36. The van der Waals surface area contributed by atoms with Crippen LogP contribution in [0.1, 0.15) is 20.3 Å². The molecule has 2 aliphatic heterocycles. The molecule has 2 heterocycles. The molecule has 1 saturated heterocycles. The van der Waals surface area contributed by atoms with E-state index in [1.807, 2.05) is 29.2 Å². The van der Waals surface area contributed by atoms with E-state index in [0.717, 1.165) is 22.8 Å². The number of carbonyl (C=O) groups is 1. The quantitative estimate of drug-likeness (QED) is 0.873. The van der Waals surface area contributed by atoms with Gasteiger partial charge in [0, 0.05) is 28.6 Å². The van der Waals surface area contributed by atoms with Crippen molar-refractivity contribution < 1.29 is 9.90 Å². The minimum Gasteiger partial charge on any atom is -0.480 e. The van der Waals surface area contributed by atoms with E-state index in [0.29, 0.717) is 17.4 Å². The number of carboxylic acid groups (broad SMARTS) is 1. The Hall–Kier alpha value is -2.33. The van der Waals surface area contributed by atoms with Gasteiger partial charge in [0.25, 0.3) is 0 Å². The number of halogens is 1. The first-order valence-electron chi connectivity index (χ1n) is 8.46. The number of aliphatic imine (C=N–C) groups is 1. The molecule has 128 valence electrons. The van der Waals surface area contributed by atoms with E-state index in [-0.39, 0.29) is 5.92 Å². The molecule has 2 unspecified atom stereocenters. The maximum Gasteiger partial charge on any atom is 0.327 e. The van der Waals surface area contributed by atoms with E-state index in [9.17, 15) is 9.90 Å². The van der Waals surface area contributed by atoms with E-state index in [2.05, 4.69) is 19.9 Å². The Bertz CT molecular complexity index is 879. The van der Waals surface area contributed by atoms with E-state index in [1.165, 1.54) is 5.57 Å². The molecule has 0 saturated carbocycles. The number of hydrogen-bond acceptors (Lipinski definition) is 3. The maximum atomic E-state index is 11.9. The van der Waals surface area contributed by atoms with E-state index >= 15 is 0 Å². The number of anilines is 1. The Morgan fingerprint density at radius 2 is 2.20 bits per heavy atom. The largest absolute Gasteiger partial charge is 0.480 e. The predicted octanol–water partition coefficient (Wildman–Crippen LogP) is 4.44. The molecule has 25 heavy (non-hydrogen) atoms. The summed E-state index contributed by atoms with van der Waals surface area (Å²) in [4.78, 5) is 18.5. The first kappa shape index (κ1) is 16.2. The van der Waals surface area contributed by atoms with Gasteiger partial charge in [-0.1, -0.05) is 43.7 Å². The molecular weight excluding hydrogens is 336 g/mol. The first-order chi connectivity index (χ1) is 12.0. The number of amidine groups is 1. The lowest BCUT2D eigenvalue weighted by atomic mass is 9.81. The Morgan fingerprint density at radius 1 is 1.40 bits per heavy atom. The smallest absolute Gasteiger partial charge is 0.327 e. The number of hydrogen-bond donors (Lipinski definition) is 1. The number of aliphatic carboxylic acids is 1. The fourth-order valence-corrected chi connectivity index (χ4v) is 4.08. The fourth-order valence-electron chi connectivity index (χ4n) is 3.89. The normalized spacial score (nSPS) is 24.4. The molecule has 0 aromatic heterocycles. The van der Waals surface area contributed by atoms with Crippen LogP contribution in [0.2, 0.25) is 5.02 Å². The van der Waals surface area contributed by atoms with Gasteiger partial charge in [0.15, 0.2) is 0 Å². The van der Waals surface area contributed by atoms with Gasteiger partial charge in [-0.15, -0.1) is 0 Å². The highest BCUT2D eigenvalue weighted by atomic mass is 35.5. The highest BCUT2D eigenvalue weighted by Crippen LogP contribution is 2.45. The van der Waals surface area contributed by atoms with Crippen LogP contribution >= 0.6 is 11.6 Å². The van der Waals surface area contributed by atoms with Crippen LogP contribution in [0.3, 0.4) is 0 Å². The number of carboxylic acids is 1. The molecule has 0 bridgehead atoms. The van der Waals surface area contributed by atoms with Crippen LogP contribution in [-0.2, 0) is 4.79 Å². The molecule has 1 N–H and O–H groups in total. The summed E-state index contributed by atoms with van der Waals surface area (Å²) in [6, 6.07) is 6.64. The molecule has 0 radical (unpaired) electrons. The molecule has 1 fully saturated rings. The molecular formula is C20H19ClN2O2. The highest BCUT2D eigenvalue weighted by molar-refractivity contribution is 6.31. The average molecular weight is 355 g/mol. The van der Waals surface area contributed by atoms with Gasteiger partial charge in [-0.25, -0.2) is 9.79 Å². The van der Waals surface area contributed by atoms with Crippen LogP contribution in [0.15, 0.2) is 64.3 Å². The van der Waals surface area contributed by atoms with E-state index in [1.54, 1.807) is 12.1 Å². The SMILES string of the molecule is CC(C)C1C=CC=C2N=C3C(=C21)CC(C(=O)O)N3c1cccc(Cl)c1. The van der Waals surface area contributed by atoms with E-state index < -0.39 is 12.0 Å². The third kappa shape index (κ3) is 2.52. The van der Waals surface area contributed by atoms with Gasteiger partial charge in [0.05, 0.1) is 5.70 Å². The van der Waals surface area contributed by atoms with Gasteiger partial charge in [-0.05, 0) is 35.8 Å². The number of fused-ring (bicyclic) bond motifs is 2. The van der Waals surface area contributed by atoms with E-state index in [4.69, 9.17) is 16.6 Å². The van der Waals surface area contributed by atoms with Crippen LogP contribution in [0, 0.1) is 11.8 Å². The summed E-state index contributed by atoms with van der Waals surface area (Å²) in [7, 11) is 0. The zero-order valence-electron chi connectivity index (χ0n) is 14.1. The molecule has 1 aliphatic carbocycles. The van der Waals surface area contributed by atoms with Gasteiger partial charge < -0.3 is 10.0 Å². The van der Waals surface area contributed by atoms with Crippen LogP contribution in [0.5, 0.6) is 0 Å². The lowest BCUT2D eigenvalue weighted by Crippen LogP contribution is -2.38. The van der Waals surface area contributed by atoms with Crippen LogP contribution < -0.4 is 4.90 Å². The first-order valence-corrected chi connectivity index (χ1v) is 8.83. The molecule has 0 amide bonds. The summed E-state index contributed by atoms with van der Waals surface area (Å²) in [5.74, 6) is 0.610. The summed E-state index contributed by atoms with van der Waals surface area (Å²) >= 11 is 6.13. The molecule has 4 rings (SSSR count). The number of nitrogens with zero attached hydrogens (tertiary/aromatic N) is 2. The summed E-state index contributed by atoms with van der Waals surface area (Å²) in [6.07, 6.45) is 6.71. The van der Waals surface area contributed by atoms with Crippen LogP contribution in [0.4, 0.5) is 5.69 Å². The molecule has 2 atom stereocenters. The van der Waals surface area contributed by atoms with Crippen molar-refractivity contribution in [2.75, 3.05) is 4.90 Å². The predicted molar refractivity (Wildman–Crippen MR) is 100.0 cm³/mol. The van der Waals surface area contributed by atoms with Crippen molar-refractivity contribution in [3.8, 4) is 0 Å². The lowest BCUT2D eigenvalue weighted by Gasteiger charge is -2.24. The van der Waals surface area contributed by atoms with Crippen molar-refractivity contribution in [3.05, 3.63) is 64.4 Å². The Balaban J connectivity index is 1.85. The van der Waals surface area contributed by atoms with Crippen LogP contribution in [-0.4, -0.2) is 23.0 Å². The number of rotatable bonds is 3. The second kappa shape index (κ2) is 5.88. The van der Waals surface area contributed by atoms with Gasteiger partial charge in [0.2, 0.25) is 0 Å². The Kier molecular flexibility index (Phi) is 3.80. The van der Waals surface area contributed by atoms with Gasteiger partial charge >= 0.3 is 5.97 Å². The molecule has 1 aromatic carbocycles. The van der Waals surface area contributed by atoms with Crippen molar-refractivity contribution in [1.29, 1.82) is 0 Å². The lowest BCUT2D eigenvalue weighted by molar-refractivity contribution is -0.138. The molecule has 1 aromatic rings. The van der Waals surface area contributed by atoms with Crippen molar-refractivity contribution in [2.24, 2.45) is 16.8 Å². The molecule has 4 nitrogen and oxygen atoms in total. The molecule has 5 heteroatoms. The zero-order valence-corrected chi connectivity index (χ0v) is 14.9. The minimum absolute atomic E-state index is 0.269. The fraction of sp³-hybridized carbons (Fsp3) is 0.300. The highest BCUT2D eigenvalue weighted by Gasteiger charge is 2.45. The zero-order chi connectivity index (χ0) is 17.7. The van der Waals surface area contributed by atoms with Crippen molar-refractivity contribution in [2.45, 2.75) is 26.3 Å². The average Bonchev–Trinajstić information content (AvgIpc) is 3.10. The summed E-state index contributed by atoms with van der Waals surface area (Å²) in [5.41, 5.74) is 3.97.